The van der Waals surface area contributed by atoms with E-state index in [-0.39, 0.29) is 28.7 Å². The van der Waals surface area contributed by atoms with Gasteiger partial charge in [-0.05, 0) is 25.1 Å². The van der Waals surface area contributed by atoms with E-state index >= 15 is 0 Å². The molecule has 0 fully saturated rings. The lowest BCUT2D eigenvalue weighted by molar-refractivity contribution is 0.0953. The summed E-state index contributed by atoms with van der Waals surface area (Å²) in [5.41, 5.74) is 4.01. The maximum Gasteiger partial charge on any atom is 0.271 e. The molecule has 0 spiro atoms. The predicted molar refractivity (Wildman–Crippen MR) is 95.9 cm³/mol. The van der Waals surface area contributed by atoms with Crippen molar-refractivity contribution in [2.45, 2.75) is 6.92 Å². The number of benzene rings is 1. The monoisotopic (exact) mass is 359 g/mol. The fraction of sp³-hybridized carbons (Fsp3) is 0.0500. The van der Waals surface area contributed by atoms with Gasteiger partial charge in [-0.25, -0.2) is 5.43 Å². The van der Waals surface area contributed by atoms with Crippen LogP contribution in [0.5, 0.6) is 0 Å². The number of furan rings is 1. The summed E-state index contributed by atoms with van der Waals surface area (Å²) in [5, 5.41) is 3.99. The zero-order chi connectivity index (χ0) is 19.0. The molecular weight excluding hydrogens is 346 g/mol. The van der Waals surface area contributed by atoms with Crippen LogP contribution in [0.3, 0.4) is 0 Å². The van der Waals surface area contributed by atoms with Crippen LogP contribution < -0.4 is 5.43 Å². The minimum Gasteiger partial charge on any atom is -0.450 e. The first-order chi connectivity index (χ1) is 13.1. The molecule has 0 atom stereocenters. The van der Waals surface area contributed by atoms with E-state index in [1.54, 1.807) is 43.3 Å². The van der Waals surface area contributed by atoms with E-state index in [9.17, 15) is 14.4 Å². The molecule has 27 heavy (non-hydrogen) atoms. The van der Waals surface area contributed by atoms with Crippen molar-refractivity contribution in [3.63, 3.8) is 0 Å². The topological polar surface area (TPSA) is 102 Å². The zero-order valence-corrected chi connectivity index (χ0v) is 14.2. The third kappa shape index (κ3) is 2.85. The van der Waals surface area contributed by atoms with Crippen molar-refractivity contribution in [3.05, 3.63) is 88.6 Å². The molecule has 0 bridgehead atoms. The van der Waals surface area contributed by atoms with E-state index in [0.717, 1.165) is 0 Å². The average molecular weight is 359 g/mol. The number of hydrogen-bond acceptors (Lipinski definition) is 6. The minimum absolute atomic E-state index is 0.0105. The van der Waals surface area contributed by atoms with Crippen LogP contribution in [0.4, 0.5) is 0 Å². The third-order valence-corrected chi connectivity index (χ3v) is 4.22. The van der Waals surface area contributed by atoms with Gasteiger partial charge in [-0.15, -0.1) is 0 Å². The molecule has 0 unspecified atom stereocenters. The lowest BCUT2D eigenvalue weighted by Crippen LogP contribution is -2.19. The molecule has 1 aliphatic carbocycles. The summed E-state index contributed by atoms with van der Waals surface area (Å²) in [6.45, 7) is 1.61. The van der Waals surface area contributed by atoms with Gasteiger partial charge in [-0.2, -0.15) is 5.10 Å². The van der Waals surface area contributed by atoms with Crippen LogP contribution in [-0.2, 0) is 0 Å². The number of nitrogens with one attached hydrogen (secondary N) is 1. The van der Waals surface area contributed by atoms with E-state index in [4.69, 9.17) is 4.42 Å². The summed E-state index contributed by atoms with van der Waals surface area (Å²) < 4.78 is 5.58. The zero-order valence-electron chi connectivity index (χ0n) is 14.2. The predicted octanol–water partition coefficient (Wildman–Crippen LogP) is 2.60. The van der Waals surface area contributed by atoms with Crippen LogP contribution in [0.15, 0.2) is 64.4 Å². The molecule has 7 heteroatoms. The summed E-state index contributed by atoms with van der Waals surface area (Å²) in [6, 6.07) is 11.2. The minimum atomic E-state index is -0.410. The van der Waals surface area contributed by atoms with Crippen LogP contribution in [0.25, 0.3) is 0 Å². The van der Waals surface area contributed by atoms with E-state index in [0.29, 0.717) is 22.4 Å². The number of pyridine rings is 1. The molecule has 132 valence electrons. The maximum atomic E-state index is 12.6. The summed E-state index contributed by atoms with van der Waals surface area (Å²) in [6.07, 6.45) is 3.00. The fourth-order valence-electron chi connectivity index (χ4n) is 2.81. The lowest BCUT2D eigenvalue weighted by Gasteiger charge is -2.11. The van der Waals surface area contributed by atoms with Gasteiger partial charge in [0.05, 0.1) is 5.56 Å². The standard InChI is InChI=1S/C20H13N3O4/c1-11(22-23-20(26)12-6-8-21-9-7-12)16-10-15-17(24)13-4-2-3-5-14(13)18(25)19(15)27-16/h2-10H,1H3,(H,23,26). The second-order valence-electron chi connectivity index (χ2n) is 5.93. The van der Waals surface area contributed by atoms with Crippen molar-refractivity contribution < 1.29 is 18.8 Å². The Morgan fingerprint density at radius 2 is 1.67 bits per heavy atom. The van der Waals surface area contributed by atoms with Gasteiger partial charge < -0.3 is 4.42 Å². The molecule has 0 radical (unpaired) electrons. The molecule has 7 nitrogen and oxygen atoms in total. The first-order valence-electron chi connectivity index (χ1n) is 8.13. The number of ketones is 2. The van der Waals surface area contributed by atoms with Crippen LogP contribution >= 0.6 is 0 Å². The molecule has 1 N–H and O–H groups in total. The molecule has 2 heterocycles. The third-order valence-electron chi connectivity index (χ3n) is 4.22. The molecule has 0 saturated carbocycles. The van der Waals surface area contributed by atoms with Crippen molar-refractivity contribution in [3.8, 4) is 0 Å². The van der Waals surface area contributed by atoms with Crippen molar-refractivity contribution in [2.75, 3.05) is 0 Å². The van der Waals surface area contributed by atoms with Gasteiger partial charge in [-0.1, -0.05) is 24.3 Å². The summed E-state index contributed by atoms with van der Waals surface area (Å²) in [5.74, 6) is -0.801. The van der Waals surface area contributed by atoms with Crippen molar-refractivity contribution in [2.24, 2.45) is 5.10 Å². The highest BCUT2D eigenvalue weighted by Crippen LogP contribution is 2.29. The van der Waals surface area contributed by atoms with Gasteiger partial charge in [0.25, 0.3) is 5.91 Å². The number of amides is 1. The second kappa shape index (κ2) is 6.45. The Labute approximate surface area is 153 Å². The highest BCUT2D eigenvalue weighted by atomic mass is 16.4. The molecule has 1 aliphatic rings. The summed E-state index contributed by atoms with van der Waals surface area (Å²) in [4.78, 5) is 41.1. The van der Waals surface area contributed by atoms with Crippen LogP contribution in [0, 0.1) is 0 Å². The smallest absolute Gasteiger partial charge is 0.271 e. The molecule has 0 saturated heterocycles. The Kier molecular flexibility index (Phi) is 3.97. The molecule has 1 aromatic carbocycles. The van der Waals surface area contributed by atoms with Gasteiger partial charge >= 0.3 is 0 Å². The van der Waals surface area contributed by atoms with Gasteiger partial charge in [0.2, 0.25) is 5.78 Å². The van der Waals surface area contributed by atoms with Gasteiger partial charge in [0.15, 0.2) is 17.3 Å². The molecule has 4 rings (SSSR count). The number of carbonyl (C=O) groups excluding carboxylic acids is 3. The number of hydrogen-bond donors (Lipinski definition) is 1. The number of rotatable bonds is 3. The van der Waals surface area contributed by atoms with E-state index in [1.807, 2.05) is 0 Å². The van der Waals surface area contributed by atoms with Crippen LogP contribution in [0.1, 0.15) is 55.1 Å². The number of fused-ring (bicyclic) bond motifs is 2. The Morgan fingerprint density at radius 3 is 2.37 bits per heavy atom. The molecule has 1 amide bonds. The SMILES string of the molecule is CC(=NNC(=O)c1ccncc1)c1cc2c(o1)C(=O)c1ccccc1C2=O. The highest BCUT2D eigenvalue weighted by molar-refractivity contribution is 6.27. The number of hydrazone groups is 1. The maximum absolute atomic E-state index is 12.6. The quantitative estimate of drug-likeness (QED) is 0.447. The van der Waals surface area contributed by atoms with Gasteiger partial charge in [0.1, 0.15) is 5.71 Å². The normalized spacial score (nSPS) is 13.1. The van der Waals surface area contributed by atoms with E-state index < -0.39 is 5.91 Å². The Bertz CT molecular complexity index is 1060. The van der Waals surface area contributed by atoms with Crippen molar-refractivity contribution >= 4 is 23.2 Å². The van der Waals surface area contributed by atoms with Crippen LogP contribution in [-0.4, -0.2) is 28.2 Å². The number of carbonyl (C=O) groups is 3. The number of aromatic nitrogens is 1. The summed E-state index contributed by atoms with van der Waals surface area (Å²) >= 11 is 0. The molecule has 3 aromatic rings. The lowest BCUT2D eigenvalue weighted by atomic mass is 9.88. The number of nitrogens with zero attached hydrogens (tertiary/aromatic N) is 2. The Hall–Kier alpha value is -3.87. The fourth-order valence-corrected chi connectivity index (χ4v) is 2.81. The van der Waals surface area contributed by atoms with Gasteiger partial charge in [0, 0.05) is 29.1 Å². The van der Waals surface area contributed by atoms with Crippen molar-refractivity contribution in [1.29, 1.82) is 0 Å². The van der Waals surface area contributed by atoms with Crippen molar-refractivity contribution in [1.82, 2.24) is 10.4 Å². The Morgan fingerprint density at radius 1 is 1.00 bits per heavy atom. The van der Waals surface area contributed by atoms with E-state index in [1.165, 1.54) is 18.5 Å². The Balaban J connectivity index is 1.62. The first-order valence-corrected chi connectivity index (χ1v) is 8.13. The van der Waals surface area contributed by atoms with E-state index in [2.05, 4.69) is 15.5 Å². The van der Waals surface area contributed by atoms with Crippen LogP contribution in [0.2, 0.25) is 0 Å². The largest absolute Gasteiger partial charge is 0.450 e. The molecule has 2 aromatic heterocycles. The second-order valence-corrected chi connectivity index (χ2v) is 5.93. The molecule has 0 aliphatic heterocycles. The highest BCUT2D eigenvalue weighted by Gasteiger charge is 2.33. The first kappa shape index (κ1) is 16.6. The van der Waals surface area contributed by atoms with Gasteiger partial charge in [-0.3, -0.25) is 19.4 Å². The summed E-state index contributed by atoms with van der Waals surface area (Å²) in [7, 11) is 0. The average Bonchev–Trinajstić information content (AvgIpc) is 3.17. The molecular formula is C20H13N3O4.